The minimum absolute atomic E-state index is 0.0356. The Balaban J connectivity index is 1.62. The molecule has 0 N–H and O–H groups in total. The van der Waals surface area contributed by atoms with Gasteiger partial charge in [0.2, 0.25) is 11.8 Å². The Morgan fingerprint density at radius 3 is 2.14 bits per heavy atom. The maximum atomic E-state index is 13.0. The third-order valence-electron chi connectivity index (χ3n) is 6.48. The van der Waals surface area contributed by atoms with Crippen LogP contribution in [0.15, 0.2) is 30.4 Å². The molecule has 2 amide bonds. The molecule has 6 rings (SSSR count). The van der Waals surface area contributed by atoms with Crippen LogP contribution in [0.5, 0.6) is 0 Å². The zero-order valence-electron chi connectivity index (χ0n) is 12.8. The summed E-state index contributed by atoms with van der Waals surface area (Å²) in [5.41, 5.74) is 2.95. The summed E-state index contributed by atoms with van der Waals surface area (Å²) in [5, 5.41) is 0. The molecule has 1 saturated heterocycles. The molecule has 1 aromatic rings. The molecule has 5 aliphatic rings. The van der Waals surface area contributed by atoms with E-state index in [1.165, 1.54) is 11.3 Å². The maximum absolute atomic E-state index is 13.0. The second-order valence-corrected chi connectivity index (χ2v) is 7.39. The highest BCUT2D eigenvalue weighted by Gasteiger charge is 2.67. The van der Waals surface area contributed by atoms with Crippen molar-refractivity contribution in [3.05, 3.63) is 41.5 Å². The Morgan fingerprint density at radius 1 is 0.955 bits per heavy atom. The standard InChI is InChI=1S/C19H19NO2/c1-9-4-3-5-15(10(9)2)20-18(21)16-11-6-7-12(14-8-13(11)14)17(16)19(20)22/h3-7,11-14,16-17H,8H2,1-2H3/t11-,12+,13-,14-,16+,17-/m1/s1. The van der Waals surface area contributed by atoms with Crippen LogP contribution in [0.2, 0.25) is 0 Å². The normalized spacial score (nSPS) is 40.9. The van der Waals surface area contributed by atoms with Gasteiger partial charge in [-0.2, -0.15) is 0 Å². The number of amides is 2. The van der Waals surface area contributed by atoms with Gasteiger partial charge < -0.3 is 0 Å². The van der Waals surface area contributed by atoms with E-state index in [4.69, 9.17) is 0 Å². The largest absolute Gasteiger partial charge is 0.274 e. The van der Waals surface area contributed by atoms with E-state index in [0.717, 1.165) is 16.8 Å². The second-order valence-electron chi connectivity index (χ2n) is 7.39. The van der Waals surface area contributed by atoms with E-state index in [1.807, 2.05) is 32.0 Å². The van der Waals surface area contributed by atoms with Crippen molar-refractivity contribution in [1.82, 2.24) is 0 Å². The van der Waals surface area contributed by atoms with Gasteiger partial charge in [-0.05, 0) is 61.1 Å². The van der Waals surface area contributed by atoms with E-state index in [-0.39, 0.29) is 23.7 Å². The van der Waals surface area contributed by atoms with E-state index in [9.17, 15) is 9.59 Å². The van der Waals surface area contributed by atoms with Crippen LogP contribution in [0.3, 0.4) is 0 Å². The first-order valence-electron chi connectivity index (χ1n) is 8.22. The van der Waals surface area contributed by atoms with Gasteiger partial charge in [-0.1, -0.05) is 24.3 Å². The lowest BCUT2D eigenvalue weighted by Crippen LogP contribution is -2.40. The van der Waals surface area contributed by atoms with Crippen molar-refractivity contribution in [2.45, 2.75) is 20.3 Å². The number of nitrogens with zero attached hydrogens (tertiary/aromatic N) is 1. The number of allylic oxidation sites excluding steroid dienone is 2. The Bertz CT molecular complexity index is 714. The minimum atomic E-state index is -0.105. The van der Waals surface area contributed by atoms with Crippen molar-refractivity contribution >= 4 is 17.5 Å². The fraction of sp³-hybridized carbons (Fsp3) is 0.474. The van der Waals surface area contributed by atoms with Gasteiger partial charge in [0.25, 0.3) is 0 Å². The van der Waals surface area contributed by atoms with Crippen molar-refractivity contribution in [2.75, 3.05) is 4.90 Å². The molecule has 2 saturated carbocycles. The van der Waals surface area contributed by atoms with Crippen LogP contribution in [0.25, 0.3) is 0 Å². The van der Waals surface area contributed by atoms with Gasteiger partial charge >= 0.3 is 0 Å². The molecule has 3 fully saturated rings. The molecule has 3 nitrogen and oxygen atoms in total. The Labute approximate surface area is 130 Å². The lowest BCUT2D eigenvalue weighted by Gasteiger charge is -2.37. The first-order chi connectivity index (χ1) is 10.6. The third-order valence-corrected chi connectivity index (χ3v) is 6.48. The number of benzene rings is 1. The molecule has 1 heterocycles. The van der Waals surface area contributed by atoms with Gasteiger partial charge in [0.05, 0.1) is 17.5 Å². The third kappa shape index (κ3) is 1.33. The van der Waals surface area contributed by atoms with Gasteiger partial charge in [0, 0.05) is 0 Å². The number of imide groups is 1. The Hall–Kier alpha value is -1.90. The predicted octanol–water partition coefficient (Wildman–Crippen LogP) is 2.86. The van der Waals surface area contributed by atoms with Gasteiger partial charge in [-0.15, -0.1) is 0 Å². The van der Waals surface area contributed by atoms with Crippen molar-refractivity contribution < 1.29 is 9.59 Å². The fourth-order valence-corrected chi connectivity index (χ4v) is 5.17. The highest BCUT2D eigenvalue weighted by molar-refractivity contribution is 6.23. The summed E-state index contributed by atoms with van der Waals surface area (Å²) in [5.74, 6) is 1.77. The molecular formula is C19H19NO2. The zero-order chi connectivity index (χ0) is 15.2. The van der Waals surface area contributed by atoms with Crippen LogP contribution in [0.4, 0.5) is 5.69 Å². The van der Waals surface area contributed by atoms with E-state index in [1.54, 1.807) is 0 Å². The summed E-state index contributed by atoms with van der Waals surface area (Å²) in [7, 11) is 0. The van der Waals surface area contributed by atoms with Crippen LogP contribution in [-0.4, -0.2) is 11.8 Å². The summed E-state index contributed by atoms with van der Waals surface area (Å²) >= 11 is 0. The molecule has 1 aliphatic heterocycles. The molecule has 0 spiro atoms. The molecular weight excluding hydrogens is 274 g/mol. The summed E-state index contributed by atoms with van der Waals surface area (Å²) in [6.07, 6.45) is 5.65. The topological polar surface area (TPSA) is 37.4 Å². The summed E-state index contributed by atoms with van der Waals surface area (Å²) in [4.78, 5) is 27.6. The van der Waals surface area contributed by atoms with Gasteiger partial charge in [0.15, 0.2) is 0 Å². The van der Waals surface area contributed by atoms with E-state index in [0.29, 0.717) is 23.7 Å². The number of carbonyl (C=O) groups excluding carboxylic acids is 2. The SMILES string of the molecule is Cc1cccc(N2C(=O)[C@@H]3[C@H]4C=C[C@H]([C@H]5C[C@H]45)[C@@H]3C2=O)c1C. The Morgan fingerprint density at radius 2 is 1.55 bits per heavy atom. The van der Waals surface area contributed by atoms with Crippen LogP contribution >= 0.6 is 0 Å². The van der Waals surface area contributed by atoms with Crippen molar-refractivity contribution in [3.63, 3.8) is 0 Å². The maximum Gasteiger partial charge on any atom is 0.238 e. The minimum Gasteiger partial charge on any atom is -0.274 e. The van der Waals surface area contributed by atoms with Crippen molar-refractivity contribution in [2.24, 2.45) is 35.5 Å². The van der Waals surface area contributed by atoms with Gasteiger partial charge in [-0.3, -0.25) is 9.59 Å². The number of hydrogen-bond donors (Lipinski definition) is 0. The lowest BCUT2D eigenvalue weighted by atomic mass is 9.63. The van der Waals surface area contributed by atoms with Gasteiger partial charge in [0.1, 0.15) is 0 Å². The number of aryl methyl sites for hydroxylation is 1. The molecule has 6 atom stereocenters. The first-order valence-corrected chi connectivity index (χ1v) is 8.22. The van der Waals surface area contributed by atoms with E-state index >= 15 is 0 Å². The number of anilines is 1. The molecule has 0 radical (unpaired) electrons. The smallest absolute Gasteiger partial charge is 0.238 e. The molecule has 0 aromatic heterocycles. The predicted molar refractivity (Wildman–Crippen MR) is 83.1 cm³/mol. The lowest BCUT2D eigenvalue weighted by molar-refractivity contribution is -0.124. The molecule has 0 unspecified atom stereocenters. The quantitative estimate of drug-likeness (QED) is 0.590. The number of carbonyl (C=O) groups is 2. The van der Waals surface area contributed by atoms with Crippen molar-refractivity contribution in [3.8, 4) is 0 Å². The highest BCUT2D eigenvalue weighted by Crippen LogP contribution is 2.65. The van der Waals surface area contributed by atoms with E-state index in [2.05, 4.69) is 12.2 Å². The molecule has 1 aromatic carbocycles. The Kier molecular flexibility index (Phi) is 2.23. The van der Waals surface area contributed by atoms with Crippen LogP contribution in [-0.2, 0) is 9.59 Å². The van der Waals surface area contributed by atoms with Crippen LogP contribution < -0.4 is 4.90 Å². The molecule has 2 bridgehead atoms. The van der Waals surface area contributed by atoms with E-state index < -0.39 is 0 Å². The average Bonchev–Trinajstić information content (AvgIpc) is 3.28. The highest BCUT2D eigenvalue weighted by atomic mass is 16.2. The first kappa shape index (κ1) is 12.6. The number of rotatable bonds is 1. The zero-order valence-corrected chi connectivity index (χ0v) is 12.8. The average molecular weight is 293 g/mol. The molecule has 112 valence electrons. The second kappa shape index (κ2) is 3.89. The van der Waals surface area contributed by atoms with Crippen molar-refractivity contribution in [1.29, 1.82) is 0 Å². The monoisotopic (exact) mass is 293 g/mol. The molecule has 3 heteroatoms. The summed E-state index contributed by atoms with van der Waals surface area (Å²) < 4.78 is 0. The molecule has 22 heavy (non-hydrogen) atoms. The van der Waals surface area contributed by atoms with Gasteiger partial charge in [-0.25, -0.2) is 4.90 Å². The fourth-order valence-electron chi connectivity index (χ4n) is 5.17. The number of hydrogen-bond acceptors (Lipinski definition) is 2. The molecule has 4 aliphatic carbocycles. The van der Waals surface area contributed by atoms with Crippen LogP contribution in [0.1, 0.15) is 17.5 Å². The van der Waals surface area contributed by atoms with Crippen LogP contribution in [0, 0.1) is 49.4 Å². The summed E-state index contributed by atoms with van der Waals surface area (Å²) in [6.45, 7) is 4.02. The summed E-state index contributed by atoms with van der Waals surface area (Å²) in [6, 6.07) is 5.87.